The van der Waals surface area contributed by atoms with Crippen LogP contribution in [0.2, 0.25) is 0 Å². The highest BCUT2D eigenvalue weighted by atomic mass is 19.1. The van der Waals surface area contributed by atoms with Gasteiger partial charge in [0.05, 0.1) is 5.69 Å². The van der Waals surface area contributed by atoms with Crippen LogP contribution in [0, 0.1) is 12.7 Å². The van der Waals surface area contributed by atoms with Gasteiger partial charge in [-0.2, -0.15) is 10.1 Å². The van der Waals surface area contributed by atoms with Crippen LogP contribution in [0.15, 0.2) is 34.9 Å². The summed E-state index contributed by atoms with van der Waals surface area (Å²) >= 11 is 0. The minimum atomic E-state index is -0.396. The van der Waals surface area contributed by atoms with Gasteiger partial charge in [-0.25, -0.2) is 4.39 Å². The molecule has 3 aromatic rings. The molecule has 0 bridgehead atoms. The molecule has 0 unspecified atom stereocenters. The van der Waals surface area contributed by atoms with Gasteiger partial charge in [0, 0.05) is 13.1 Å². The van der Waals surface area contributed by atoms with Gasteiger partial charge in [-0.3, -0.25) is 9.89 Å². The molecule has 0 aliphatic rings. The van der Waals surface area contributed by atoms with Gasteiger partial charge in [-0.1, -0.05) is 11.2 Å². The molecular formula is C17H18FN5O3. The second kappa shape index (κ2) is 7.34. The van der Waals surface area contributed by atoms with E-state index in [1.54, 1.807) is 39.1 Å². The van der Waals surface area contributed by atoms with Crippen molar-refractivity contribution >= 4 is 5.91 Å². The van der Waals surface area contributed by atoms with Crippen molar-refractivity contribution in [1.29, 1.82) is 0 Å². The molecule has 0 spiro atoms. The zero-order valence-electron chi connectivity index (χ0n) is 14.6. The molecular weight excluding hydrogens is 341 g/mol. The van der Waals surface area contributed by atoms with Gasteiger partial charge in [0.15, 0.2) is 11.5 Å². The summed E-state index contributed by atoms with van der Waals surface area (Å²) in [6, 6.07) is 7.01. The molecule has 9 heteroatoms. The van der Waals surface area contributed by atoms with Crippen molar-refractivity contribution in [2.75, 3.05) is 7.05 Å². The van der Waals surface area contributed by atoms with Gasteiger partial charge < -0.3 is 14.2 Å². The SMILES string of the molecule is Cc1noc([C@@H](C)N(C)C(=O)c2cc(COc3cccc(F)c3)[nH]n2)n1. The highest BCUT2D eigenvalue weighted by molar-refractivity contribution is 5.92. The predicted octanol–water partition coefficient (Wildman–Crippen LogP) is 2.65. The molecule has 1 atom stereocenters. The van der Waals surface area contributed by atoms with E-state index in [-0.39, 0.29) is 24.0 Å². The molecule has 1 N–H and O–H groups in total. The first-order chi connectivity index (χ1) is 12.4. The van der Waals surface area contributed by atoms with E-state index < -0.39 is 6.04 Å². The van der Waals surface area contributed by atoms with Crippen LogP contribution in [0.5, 0.6) is 5.75 Å². The van der Waals surface area contributed by atoms with Crippen LogP contribution in [0.4, 0.5) is 4.39 Å². The average Bonchev–Trinajstić information content (AvgIpc) is 3.27. The summed E-state index contributed by atoms with van der Waals surface area (Å²) in [4.78, 5) is 18.2. The number of nitrogens with zero attached hydrogens (tertiary/aromatic N) is 4. The van der Waals surface area contributed by atoms with Gasteiger partial charge >= 0.3 is 0 Å². The smallest absolute Gasteiger partial charge is 0.274 e. The Morgan fingerprint density at radius 1 is 1.42 bits per heavy atom. The first-order valence-corrected chi connectivity index (χ1v) is 7.94. The Kier molecular flexibility index (Phi) is 4.97. The van der Waals surface area contributed by atoms with Gasteiger partial charge in [-0.05, 0) is 32.0 Å². The zero-order chi connectivity index (χ0) is 18.7. The molecule has 0 fully saturated rings. The first kappa shape index (κ1) is 17.6. The monoisotopic (exact) mass is 359 g/mol. The maximum absolute atomic E-state index is 13.1. The number of ether oxygens (including phenoxy) is 1. The molecule has 8 nitrogen and oxygen atoms in total. The number of carbonyl (C=O) groups is 1. The molecule has 0 aliphatic heterocycles. The lowest BCUT2D eigenvalue weighted by molar-refractivity contribution is 0.0710. The highest BCUT2D eigenvalue weighted by Crippen LogP contribution is 2.19. The van der Waals surface area contributed by atoms with Crippen LogP contribution in [0.1, 0.15) is 40.9 Å². The third-order valence-electron chi connectivity index (χ3n) is 3.84. The Morgan fingerprint density at radius 3 is 2.92 bits per heavy atom. The van der Waals surface area contributed by atoms with E-state index in [0.717, 1.165) is 0 Å². The molecule has 2 heterocycles. The summed E-state index contributed by atoms with van der Waals surface area (Å²) < 4.78 is 23.7. The van der Waals surface area contributed by atoms with E-state index >= 15 is 0 Å². The first-order valence-electron chi connectivity index (χ1n) is 7.94. The molecule has 0 saturated heterocycles. The van der Waals surface area contributed by atoms with Crippen molar-refractivity contribution in [3.63, 3.8) is 0 Å². The fourth-order valence-electron chi connectivity index (χ4n) is 2.27. The number of nitrogens with one attached hydrogen (secondary N) is 1. The molecule has 1 aromatic carbocycles. The summed E-state index contributed by atoms with van der Waals surface area (Å²) in [5, 5.41) is 10.5. The molecule has 0 radical (unpaired) electrons. The van der Waals surface area contributed by atoms with Gasteiger partial charge in [0.1, 0.15) is 24.2 Å². The maximum Gasteiger partial charge on any atom is 0.274 e. The van der Waals surface area contributed by atoms with Crippen LogP contribution in [0.3, 0.4) is 0 Å². The van der Waals surface area contributed by atoms with Crippen molar-refractivity contribution in [1.82, 2.24) is 25.2 Å². The van der Waals surface area contributed by atoms with E-state index in [2.05, 4.69) is 20.3 Å². The van der Waals surface area contributed by atoms with Crippen LogP contribution in [-0.2, 0) is 6.61 Å². The van der Waals surface area contributed by atoms with Crippen molar-refractivity contribution in [2.45, 2.75) is 26.5 Å². The lowest BCUT2D eigenvalue weighted by Gasteiger charge is -2.20. The van der Waals surface area contributed by atoms with Gasteiger partial charge in [0.25, 0.3) is 5.91 Å². The van der Waals surface area contributed by atoms with Crippen LogP contribution in [0.25, 0.3) is 0 Å². The summed E-state index contributed by atoms with van der Waals surface area (Å²) in [6.45, 7) is 3.62. The Morgan fingerprint density at radius 2 is 2.23 bits per heavy atom. The number of rotatable bonds is 6. The van der Waals surface area contributed by atoms with Crippen LogP contribution in [-0.4, -0.2) is 38.2 Å². The lowest BCUT2D eigenvalue weighted by Crippen LogP contribution is -2.30. The Bertz CT molecular complexity index is 907. The topological polar surface area (TPSA) is 97.1 Å². The summed E-state index contributed by atoms with van der Waals surface area (Å²) in [6.07, 6.45) is 0. The van der Waals surface area contributed by atoms with E-state index in [4.69, 9.17) is 9.26 Å². The minimum Gasteiger partial charge on any atom is -0.487 e. The van der Waals surface area contributed by atoms with E-state index in [1.165, 1.54) is 17.0 Å². The van der Waals surface area contributed by atoms with Crippen molar-refractivity contribution in [3.05, 3.63) is 59.3 Å². The van der Waals surface area contributed by atoms with E-state index in [9.17, 15) is 9.18 Å². The van der Waals surface area contributed by atoms with Crippen molar-refractivity contribution in [3.8, 4) is 5.75 Å². The number of halogens is 1. The van der Waals surface area contributed by atoms with Crippen molar-refractivity contribution < 1.29 is 18.4 Å². The fraction of sp³-hybridized carbons (Fsp3) is 0.294. The summed E-state index contributed by atoms with van der Waals surface area (Å²) in [7, 11) is 1.63. The standard InChI is InChI=1S/C17H18FN5O3/c1-10(16-19-11(2)22-26-16)23(3)17(24)15-8-13(20-21-15)9-25-14-6-4-5-12(18)7-14/h4-8,10H,9H2,1-3H3,(H,20,21)/t10-/m1/s1. The number of hydrogen-bond acceptors (Lipinski definition) is 6. The molecule has 0 saturated carbocycles. The largest absolute Gasteiger partial charge is 0.487 e. The lowest BCUT2D eigenvalue weighted by atomic mass is 10.2. The zero-order valence-corrected chi connectivity index (χ0v) is 14.6. The number of aromatic amines is 1. The number of aryl methyl sites for hydroxylation is 1. The Balaban J connectivity index is 1.63. The average molecular weight is 359 g/mol. The molecule has 0 aliphatic carbocycles. The second-order valence-corrected chi connectivity index (χ2v) is 5.80. The Hall–Kier alpha value is -3.23. The number of carbonyl (C=O) groups excluding carboxylic acids is 1. The van der Waals surface area contributed by atoms with Crippen LogP contribution < -0.4 is 4.74 Å². The second-order valence-electron chi connectivity index (χ2n) is 5.80. The summed E-state index contributed by atoms with van der Waals surface area (Å²) in [5.41, 5.74) is 0.820. The predicted molar refractivity (Wildman–Crippen MR) is 88.9 cm³/mol. The number of benzene rings is 1. The van der Waals surface area contributed by atoms with E-state index in [0.29, 0.717) is 23.2 Å². The number of hydrogen-bond donors (Lipinski definition) is 1. The third-order valence-corrected chi connectivity index (χ3v) is 3.84. The third kappa shape index (κ3) is 3.88. The molecule has 26 heavy (non-hydrogen) atoms. The van der Waals surface area contributed by atoms with Crippen molar-refractivity contribution in [2.24, 2.45) is 0 Å². The number of aromatic nitrogens is 4. The quantitative estimate of drug-likeness (QED) is 0.727. The fourth-order valence-corrected chi connectivity index (χ4v) is 2.27. The number of amides is 1. The van der Waals surface area contributed by atoms with Gasteiger partial charge in [0.2, 0.25) is 5.89 Å². The molecule has 3 rings (SSSR count). The summed E-state index contributed by atoms with van der Waals surface area (Å²) in [5.74, 6) is 0.564. The van der Waals surface area contributed by atoms with Gasteiger partial charge in [-0.15, -0.1) is 0 Å². The normalized spacial score (nSPS) is 12.0. The number of H-pyrrole nitrogens is 1. The maximum atomic E-state index is 13.1. The van der Waals surface area contributed by atoms with E-state index in [1.807, 2.05) is 0 Å². The molecule has 2 aromatic heterocycles. The molecule has 1 amide bonds. The minimum absolute atomic E-state index is 0.131. The highest BCUT2D eigenvalue weighted by Gasteiger charge is 2.25. The molecule has 136 valence electrons. The van der Waals surface area contributed by atoms with Crippen LogP contribution >= 0.6 is 0 Å². The Labute approximate surface area is 149 Å².